The van der Waals surface area contributed by atoms with E-state index in [0.717, 1.165) is 12.3 Å². The molecular weight excluding hydrogens is 268 g/mol. The number of aromatic nitrogens is 2. The lowest BCUT2D eigenvalue weighted by Crippen LogP contribution is -2.14. The lowest BCUT2D eigenvalue weighted by molar-refractivity contribution is -0.384. The zero-order valence-electron chi connectivity index (χ0n) is 10.3. The number of nitrogens with one attached hydrogen (secondary N) is 3. The molecule has 0 bridgehead atoms. The van der Waals surface area contributed by atoms with Crippen LogP contribution in [0.15, 0.2) is 18.3 Å². The molecule has 9 heteroatoms. The second kappa shape index (κ2) is 4.88. The van der Waals surface area contributed by atoms with E-state index in [1.54, 1.807) is 6.92 Å². The first-order valence-corrected chi connectivity index (χ1v) is 5.45. The number of hydrogen-bond acceptors (Lipinski definition) is 4. The molecular formula is C11H10N4O5. The first kappa shape index (κ1) is 13.3. The second-order valence-electron chi connectivity index (χ2n) is 4.03. The van der Waals surface area contributed by atoms with Gasteiger partial charge in [-0.3, -0.25) is 14.9 Å². The van der Waals surface area contributed by atoms with Crippen molar-refractivity contribution in [3.8, 4) is 0 Å². The van der Waals surface area contributed by atoms with Crippen molar-refractivity contribution in [2.24, 2.45) is 0 Å². The third-order valence-electron chi connectivity index (χ3n) is 2.54. The maximum Gasteiger partial charge on any atom is 0.354 e. The number of aromatic carboxylic acids is 1. The number of nitrogens with zero attached hydrogens (tertiary/aromatic N) is 1. The van der Waals surface area contributed by atoms with Gasteiger partial charge in [0.1, 0.15) is 11.4 Å². The summed E-state index contributed by atoms with van der Waals surface area (Å²) in [5.41, 5.74) is 0.218. The Kier molecular flexibility index (Phi) is 3.25. The minimum Gasteiger partial charge on any atom is -0.477 e. The van der Waals surface area contributed by atoms with Gasteiger partial charge in [0, 0.05) is 11.8 Å². The summed E-state index contributed by atoms with van der Waals surface area (Å²) in [6.07, 6.45) is 1.08. The number of carbonyl (C=O) groups is 2. The molecule has 0 aliphatic heterocycles. The van der Waals surface area contributed by atoms with Gasteiger partial charge in [0.05, 0.1) is 16.8 Å². The van der Waals surface area contributed by atoms with E-state index >= 15 is 0 Å². The molecule has 0 aliphatic carbocycles. The van der Waals surface area contributed by atoms with Gasteiger partial charge in [-0.1, -0.05) is 0 Å². The quantitative estimate of drug-likeness (QED) is 0.495. The second-order valence-corrected chi connectivity index (χ2v) is 4.03. The number of rotatable bonds is 4. The molecule has 2 rings (SSSR count). The molecule has 9 nitrogen and oxygen atoms in total. The number of aromatic amines is 2. The fourth-order valence-corrected chi connectivity index (χ4v) is 1.67. The van der Waals surface area contributed by atoms with Crippen molar-refractivity contribution in [1.82, 2.24) is 9.97 Å². The molecule has 1 amide bonds. The molecule has 0 aliphatic rings. The zero-order valence-corrected chi connectivity index (χ0v) is 10.3. The zero-order chi connectivity index (χ0) is 14.9. The van der Waals surface area contributed by atoms with Crippen molar-refractivity contribution in [2.75, 3.05) is 5.32 Å². The van der Waals surface area contributed by atoms with Gasteiger partial charge < -0.3 is 20.4 Å². The van der Waals surface area contributed by atoms with E-state index in [-0.39, 0.29) is 22.8 Å². The molecule has 0 saturated heterocycles. The van der Waals surface area contributed by atoms with Crippen LogP contribution < -0.4 is 5.32 Å². The predicted octanol–water partition coefficient (Wildman–Crippen LogP) is 1.51. The number of nitro groups is 1. The number of carboxylic acid groups (broad SMARTS) is 1. The summed E-state index contributed by atoms with van der Waals surface area (Å²) < 4.78 is 0. The minimum absolute atomic E-state index is 0.0353. The molecule has 0 aromatic carbocycles. The fraction of sp³-hybridized carbons (Fsp3) is 0.0909. The standard InChI is InChI=1S/C11H10N4O5/c1-5-2-7(9(13-5)11(17)18)14-10(16)8-3-6(4-12-8)15(19)20/h2-4,12-13H,1H3,(H,14,16)(H,17,18). The summed E-state index contributed by atoms with van der Waals surface area (Å²) in [4.78, 5) is 37.7. The molecule has 2 heterocycles. The highest BCUT2D eigenvalue weighted by molar-refractivity contribution is 6.06. The Bertz CT molecular complexity index is 699. The topological polar surface area (TPSA) is 141 Å². The summed E-state index contributed by atoms with van der Waals surface area (Å²) in [6, 6.07) is 2.52. The first-order valence-electron chi connectivity index (χ1n) is 5.45. The van der Waals surface area contributed by atoms with E-state index in [2.05, 4.69) is 15.3 Å². The fourth-order valence-electron chi connectivity index (χ4n) is 1.67. The number of H-pyrrole nitrogens is 2. The van der Waals surface area contributed by atoms with Crippen molar-refractivity contribution < 1.29 is 19.6 Å². The molecule has 0 saturated carbocycles. The maximum absolute atomic E-state index is 11.9. The van der Waals surface area contributed by atoms with Gasteiger partial charge in [-0.25, -0.2) is 4.79 Å². The van der Waals surface area contributed by atoms with Crippen molar-refractivity contribution in [2.45, 2.75) is 6.92 Å². The SMILES string of the molecule is Cc1cc(NC(=O)c2cc([N+](=O)[O-])c[nH]2)c(C(=O)O)[nH]1. The van der Waals surface area contributed by atoms with Gasteiger partial charge in [-0.2, -0.15) is 0 Å². The van der Waals surface area contributed by atoms with Crippen LogP contribution in [0.1, 0.15) is 26.7 Å². The van der Waals surface area contributed by atoms with E-state index in [0.29, 0.717) is 5.69 Å². The molecule has 0 atom stereocenters. The predicted molar refractivity (Wildman–Crippen MR) is 67.9 cm³/mol. The third-order valence-corrected chi connectivity index (χ3v) is 2.54. The lowest BCUT2D eigenvalue weighted by Gasteiger charge is -2.02. The molecule has 0 fully saturated rings. The van der Waals surface area contributed by atoms with Crippen LogP contribution in [-0.2, 0) is 0 Å². The Morgan fingerprint density at radius 1 is 1.40 bits per heavy atom. The summed E-state index contributed by atoms with van der Waals surface area (Å²) in [5, 5.41) is 21.8. The van der Waals surface area contributed by atoms with Crippen molar-refractivity contribution in [3.63, 3.8) is 0 Å². The number of anilines is 1. The van der Waals surface area contributed by atoms with Gasteiger partial charge in [0.25, 0.3) is 11.6 Å². The highest BCUT2D eigenvalue weighted by atomic mass is 16.6. The smallest absolute Gasteiger partial charge is 0.354 e. The highest BCUT2D eigenvalue weighted by Gasteiger charge is 2.18. The van der Waals surface area contributed by atoms with Gasteiger partial charge in [0.15, 0.2) is 0 Å². The van der Waals surface area contributed by atoms with Crippen LogP contribution in [0.4, 0.5) is 11.4 Å². The molecule has 0 unspecified atom stereocenters. The number of hydrogen-bond donors (Lipinski definition) is 4. The summed E-state index contributed by atoms with van der Waals surface area (Å²) in [6.45, 7) is 1.64. The van der Waals surface area contributed by atoms with E-state index in [4.69, 9.17) is 5.11 Å². The third kappa shape index (κ3) is 2.51. The molecule has 2 aromatic rings. The molecule has 20 heavy (non-hydrogen) atoms. The van der Waals surface area contributed by atoms with E-state index < -0.39 is 16.8 Å². The Hall–Kier alpha value is -3.10. The van der Waals surface area contributed by atoms with E-state index in [9.17, 15) is 19.7 Å². The lowest BCUT2D eigenvalue weighted by atomic mass is 10.3. The molecule has 0 radical (unpaired) electrons. The van der Waals surface area contributed by atoms with Crippen molar-refractivity contribution >= 4 is 23.3 Å². The summed E-state index contributed by atoms with van der Waals surface area (Å²) in [7, 11) is 0. The molecule has 2 aromatic heterocycles. The van der Waals surface area contributed by atoms with Gasteiger partial charge in [0.2, 0.25) is 0 Å². The molecule has 104 valence electrons. The van der Waals surface area contributed by atoms with Gasteiger partial charge in [-0.05, 0) is 13.0 Å². The van der Waals surface area contributed by atoms with Gasteiger partial charge in [-0.15, -0.1) is 0 Å². The van der Waals surface area contributed by atoms with E-state index in [1.807, 2.05) is 0 Å². The highest BCUT2D eigenvalue weighted by Crippen LogP contribution is 2.19. The summed E-state index contributed by atoms with van der Waals surface area (Å²) >= 11 is 0. The Morgan fingerprint density at radius 3 is 2.65 bits per heavy atom. The first-order chi connectivity index (χ1) is 9.38. The van der Waals surface area contributed by atoms with Crippen molar-refractivity contribution in [3.05, 3.63) is 45.5 Å². The van der Waals surface area contributed by atoms with Gasteiger partial charge >= 0.3 is 5.97 Å². The maximum atomic E-state index is 11.9. The number of carbonyl (C=O) groups excluding carboxylic acids is 1. The summed E-state index contributed by atoms with van der Waals surface area (Å²) in [5.74, 6) is -1.88. The van der Waals surface area contributed by atoms with Crippen LogP contribution >= 0.6 is 0 Å². The van der Waals surface area contributed by atoms with Crippen molar-refractivity contribution in [1.29, 1.82) is 0 Å². The normalized spacial score (nSPS) is 10.2. The van der Waals surface area contributed by atoms with Crippen LogP contribution in [0.25, 0.3) is 0 Å². The monoisotopic (exact) mass is 278 g/mol. The Balaban J connectivity index is 2.23. The van der Waals surface area contributed by atoms with Crippen LogP contribution in [-0.4, -0.2) is 31.9 Å². The van der Waals surface area contributed by atoms with E-state index in [1.165, 1.54) is 6.07 Å². The van der Waals surface area contributed by atoms with Crippen LogP contribution in [0.3, 0.4) is 0 Å². The van der Waals surface area contributed by atoms with Crippen LogP contribution in [0.5, 0.6) is 0 Å². The Morgan fingerprint density at radius 2 is 2.10 bits per heavy atom. The van der Waals surface area contributed by atoms with Crippen LogP contribution in [0.2, 0.25) is 0 Å². The average Bonchev–Trinajstić information content (AvgIpc) is 2.95. The largest absolute Gasteiger partial charge is 0.477 e. The average molecular weight is 278 g/mol. The Labute approximate surface area is 111 Å². The number of amides is 1. The molecule has 0 spiro atoms. The molecule has 4 N–H and O–H groups in total. The number of aryl methyl sites for hydroxylation is 1. The minimum atomic E-state index is -1.22. The van der Waals surface area contributed by atoms with Crippen LogP contribution in [0, 0.1) is 17.0 Å². The number of carboxylic acids is 1.